The Morgan fingerprint density at radius 1 is 1.50 bits per heavy atom. The summed E-state index contributed by atoms with van der Waals surface area (Å²) in [5.41, 5.74) is 1.96. The molecule has 1 heterocycles. The SMILES string of the molecule is CNCC1CCCN1CC(=O)Nc1ccc(Br)cc1C. The molecule has 0 aliphatic carbocycles. The molecule has 4 nitrogen and oxygen atoms in total. The van der Waals surface area contributed by atoms with Gasteiger partial charge in [-0.2, -0.15) is 0 Å². The van der Waals surface area contributed by atoms with Crippen molar-refractivity contribution in [2.45, 2.75) is 25.8 Å². The summed E-state index contributed by atoms with van der Waals surface area (Å²) in [6.07, 6.45) is 2.35. The van der Waals surface area contributed by atoms with Crippen LogP contribution in [0.4, 0.5) is 5.69 Å². The topological polar surface area (TPSA) is 44.4 Å². The quantitative estimate of drug-likeness (QED) is 0.865. The first-order valence-electron chi connectivity index (χ1n) is 7.05. The van der Waals surface area contributed by atoms with Crippen molar-refractivity contribution in [3.63, 3.8) is 0 Å². The van der Waals surface area contributed by atoms with Gasteiger partial charge in [0.2, 0.25) is 5.91 Å². The normalized spacial score (nSPS) is 19.2. The molecule has 1 aliphatic rings. The molecule has 1 aromatic carbocycles. The third-order valence-electron chi connectivity index (χ3n) is 3.75. The lowest BCUT2D eigenvalue weighted by Crippen LogP contribution is -2.41. The largest absolute Gasteiger partial charge is 0.325 e. The Morgan fingerprint density at radius 3 is 3.00 bits per heavy atom. The molecule has 5 heteroatoms. The highest BCUT2D eigenvalue weighted by Gasteiger charge is 2.25. The van der Waals surface area contributed by atoms with E-state index in [0.29, 0.717) is 12.6 Å². The van der Waals surface area contributed by atoms with Crippen LogP contribution in [0.15, 0.2) is 22.7 Å². The predicted octanol–water partition coefficient (Wildman–Crippen LogP) is 2.38. The van der Waals surface area contributed by atoms with E-state index in [2.05, 4.69) is 31.5 Å². The zero-order chi connectivity index (χ0) is 14.5. The van der Waals surface area contributed by atoms with Crippen LogP contribution in [0, 0.1) is 6.92 Å². The minimum absolute atomic E-state index is 0.0680. The fourth-order valence-corrected chi connectivity index (χ4v) is 3.19. The number of hydrogen-bond donors (Lipinski definition) is 2. The highest BCUT2D eigenvalue weighted by molar-refractivity contribution is 9.10. The fraction of sp³-hybridized carbons (Fsp3) is 0.533. The van der Waals surface area contributed by atoms with E-state index in [-0.39, 0.29) is 5.91 Å². The molecule has 20 heavy (non-hydrogen) atoms. The molecule has 1 aliphatic heterocycles. The summed E-state index contributed by atoms with van der Waals surface area (Å²) in [4.78, 5) is 14.4. The molecular weight excluding hydrogens is 318 g/mol. The second-order valence-corrected chi connectivity index (χ2v) is 6.25. The van der Waals surface area contributed by atoms with Crippen LogP contribution in [-0.2, 0) is 4.79 Å². The lowest BCUT2D eigenvalue weighted by molar-refractivity contribution is -0.117. The van der Waals surface area contributed by atoms with E-state index in [0.717, 1.165) is 28.8 Å². The van der Waals surface area contributed by atoms with E-state index in [1.807, 2.05) is 32.2 Å². The van der Waals surface area contributed by atoms with E-state index in [4.69, 9.17) is 0 Å². The van der Waals surface area contributed by atoms with Gasteiger partial charge in [-0.3, -0.25) is 9.69 Å². The van der Waals surface area contributed by atoms with Gasteiger partial charge in [-0.1, -0.05) is 15.9 Å². The van der Waals surface area contributed by atoms with Gasteiger partial charge < -0.3 is 10.6 Å². The smallest absolute Gasteiger partial charge is 0.238 e. The summed E-state index contributed by atoms with van der Waals surface area (Å²) in [5, 5.41) is 6.20. The minimum atomic E-state index is 0.0680. The van der Waals surface area contributed by atoms with Crippen molar-refractivity contribution in [1.82, 2.24) is 10.2 Å². The number of benzene rings is 1. The first-order chi connectivity index (χ1) is 9.60. The monoisotopic (exact) mass is 339 g/mol. The van der Waals surface area contributed by atoms with Gasteiger partial charge in [0.15, 0.2) is 0 Å². The third kappa shape index (κ3) is 4.04. The molecule has 1 amide bonds. The summed E-state index contributed by atoms with van der Waals surface area (Å²) in [6, 6.07) is 6.38. The van der Waals surface area contributed by atoms with Crippen molar-refractivity contribution in [2.24, 2.45) is 0 Å². The minimum Gasteiger partial charge on any atom is -0.325 e. The zero-order valence-electron chi connectivity index (χ0n) is 12.1. The second kappa shape index (κ2) is 7.20. The Hall–Kier alpha value is -0.910. The number of rotatable bonds is 5. The van der Waals surface area contributed by atoms with Crippen molar-refractivity contribution in [3.8, 4) is 0 Å². The van der Waals surface area contributed by atoms with Crippen molar-refractivity contribution in [3.05, 3.63) is 28.2 Å². The Bertz CT molecular complexity index is 478. The number of carbonyl (C=O) groups excluding carboxylic acids is 1. The molecule has 2 N–H and O–H groups in total. The number of nitrogens with one attached hydrogen (secondary N) is 2. The lowest BCUT2D eigenvalue weighted by atomic mass is 10.2. The highest BCUT2D eigenvalue weighted by atomic mass is 79.9. The van der Waals surface area contributed by atoms with Crippen LogP contribution in [-0.4, -0.2) is 43.5 Å². The van der Waals surface area contributed by atoms with Gasteiger partial charge in [0.05, 0.1) is 6.54 Å². The van der Waals surface area contributed by atoms with Crippen LogP contribution >= 0.6 is 15.9 Å². The molecule has 110 valence electrons. The summed E-state index contributed by atoms with van der Waals surface area (Å²) >= 11 is 3.43. The molecule has 0 bridgehead atoms. The van der Waals surface area contributed by atoms with Crippen LogP contribution in [0.1, 0.15) is 18.4 Å². The molecule has 0 aromatic heterocycles. The number of amides is 1. The molecule has 0 saturated carbocycles. The number of hydrogen-bond acceptors (Lipinski definition) is 3. The van der Waals surface area contributed by atoms with Crippen LogP contribution in [0.25, 0.3) is 0 Å². The first-order valence-corrected chi connectivity index (χ1v) is 7.84. The van der Waals surface area contributed by atoms with Crippen LogP contribution in [0.5, 0.6) is 0 Å². The van der Waals surface area contributed by atoms with Gasteiger partial charge in [0.25, 0.3) is 0 Å². The molecule has 0 spiro atoms. The predicted molar refractivity (Wildman–Crippen MR) is 86.0 cm³/mol. The molecular formula is C15H22BrN3O. The van der Waals surface area contributed by atoms with Crippen molar-refractivity contribution < 1.29 is 4.79 Å². The maximum absolute atomic E-state index is 12.2. The average molecular weight is 340 g/mol. The number of halogens is 1. The number of carbonyl (C=O) groups is 1. The lowest BCUT2D eigenvalue weighted by Gasteiger charge is -2.23. The van der Waals surface area contributed by atoms with Gasteiger partial charge in [-0.15, -0.1) is 0 Å². The summed E-state index contributed by atoms with van der Waals surface area (Å²) in [7, 11) is 1.96. The molecule has 1 fully saturated rings. The van der Waals surface area contributed by atoms with Crippen LogP contribution < -0.4 is 10.6 Å². The molecule has 1 saturated heterocycles. The van der Waals surface area contributed by atoms with Crippen LogP contribution in [0.3, 0.4) is 0 Å². The Morgan fingerprint density at radius 2 is 2.30 bits per heavy atom. The van der Waals surface area contributed by atoms with E-state index in [9.17, 15) is 4.79 Å². The van der Waals surface area contributed by atoms with E-state index < -0.39 is 0 Å². The Kier molecular flexibility index (Phi) is 5.57. The van der Waals surface area contributed by atoms with Crippen molar-refractivity contribution in [2.75, 3.05) is 32.0 Å². The molecule has 1 aromatic rings. The number of aryl methyl sites for hydroxylation is 1. The van der Waals surface area contributed by atoms with E-state index in [1.165, 1.54) is 12.8 Å². The van der Waals surface area contributed by atoms with Gasteiger partial charge in [-0.05, 0) is 57.1 Å². The summed E-state index contributed by atoms with van der Waals surface area (Å²) in [6.45, 7) is 4.44. The number of anilines is 1. The fourth-order valence-electron chi connectivity index (χ4n) is 2.71. The third-order valence-corrected chi connectivity index (χ3v) is 4.24. The van der Waals surface area contributed by atoms with Crippen LogP contribution in [0.2, 0.25) is 0 Å². The number of likely N-dealkylation sites (N-methyl/N-ethyl adjacent to an activating group) is 1. The number of likely N-dealkylation sites (tertiary alicyclic amines) is 1. The molecule has 1 atom stereocenters. The molecule has 2 rings (SSSR count). The van der Waals surface area contributed by atoms with Gasteiger partial charge >= 0.3 is 0 Å². The molecule has 1 unspecified atom stereocenters. The van der Waals surface area contributed by atoms with Gasteiger partial charge in [-0.25, -0.2) is 0 Å². The first kappa shape index (κ1) is 15.5. The van der Waals surface area contributed by atoms with E-state index >= 15 is 0 Å². The maximum Gasteiger partial charge on any atom is 0.238 e. The van der Waals surface area contributed by atoms with Crippen molar-refractivity contribution >= 4 is 27.5 Å². The molecule has 0 radical (unpaired) electrons. The Balaban J connectivity index is 1.92. The number of nitrogens with zero attached hydrogens (tertiary/aromatic N) is 1. The zero-order valence-corrected chi connectivity index (χ0v) is 13.7. The standard InChI is InChI=1S/C15H22BrN3O/c1-11-8-12(16)5-6-14(11)18-15(20)10-19-7-3-4-13(19)9-17-2/h5-6,8,13,17H,3-4,7,9-10H2,1-2H3,(H,18,20). The summed E-state index contributed by atoms with van der Waals surface area (Å²) < 4.78 is 1.03. The summed E-state index contributed by atoms with van der Waals surface area (Å²) in [5.74, 6) is 0.0680. The van der Waals surface area contributed by atoms with Crippen molar-refractivity contribution in [1.29, 1.82) is 0 Å². The highest BCUT2D eigenvalue weighted by Crippen LogP contribution is 2.21. The van der Waals surface area contributed by atoms with Gasteiger partial charge in [0.1, 0.15) is 0 Å². The van der Waals surface area contributed by atoms with Gasteiger partial charge in [0, 0.05) is 22.7 Å². The van der Waals surface area contributed by atoms with E-state index in [1.54, 1.807) is 0 Å². The average Bonchev–Trinajstić information content (AvgIpc) is 2.81. The second-order valence-electron chi connectivity index (χ2n) is 5.33. The maximum atomic E-state index is 12.2. The Labute approximate surface area is 129 Å².